The highest BCUT2D eigenvalue weighted by atomic mass is 32.2. The summed E-state index contributed by atoms with van der Waals surface area (Å²) >= 11 is 0. The van der Waals surface area contributed by atoms with Gasteiger partial charge in [0.15, 0.2) is 9.84 Å². The number of hydrogen-bond acceptors (Lipinski definition) is 6. The van der Waals surface area contributed by atoms with Crippen molar-refractivity contribution < 1.29 is 13.2 Å². The molecule has 1 unspecified atom stereocenters. The number of aromatic nitrogens is 1. The van der Waals surface area contributed by atoms with Crippen LogP contribution in [-0.4, -0.2) is 36.9 Å². The van der Waals surface area contributed by atoms with Gasteiger partial charge in [-0.15, -0.1) is 0 Å². The van der Waals surface area contributed by atoms with Crippen LogP contribution in [0.4, 0.5) is 11.5 Å². The fourth-order valence-corrected chi connectivity index (χ4v) is 3.75. The lowest BCUT2D eigenvalue weighted by atomic mass is 10.1. The minimum absolute atomic E-state index is 0.0389. The monoisotopic (exact) mass is 284 g/mol. The Balaban J connectivity index is 2.21. The van der Waals surface area contributed by atoms with E-state index < -0.39 is 15.7 Å². The number of sulfone groups is 1. The first-order valence-corrected chi connectivity index (χ1v) is 7.72. The molecule has 1 fully saturated rings. The number of primary amides is 1. The number of nitrogens with one attached hydrogen (secondary N) is 1. The molecule has 104 valence electrons. The molecule has 0 spiro atoms. The van der Waals surface area contributed by atoms with Crippen LogP contribution in [0, 0.1) is 0 Å². The summed E-state index contributed by atoms with van der Waals surface area (Å²) < 4.78 is 23.1. The molecule has 1 aromatic heterocycles. The van der Waals surface area contributed by atoms with Crippen molar-refractivity contribution >= 4 is 27.2 Å². The number of amides is 1. The van der Waals surface area contributed by atoms with Crippen LogP contribution in [0.5, 0.6) is 0 Å². The van der Waals surface area contributed by atoms with Gasteiger partial charge in [0, 0.05) is 6.04 Å². The number of nitrogen functional groups attached to an aromatic ring is 1. The summed E-state index contributed by atoms with van der Waals surface area (Å²) in [6.07, 6.45) is 2.70. The lowest BCUT2D eigenvalue weighted by molar-refractivity contribution is 0.100. The number of carbonyl (C=O) groups is 1. The molecule has 1 aliphatic heterocycles. The van der Waals surface area contributed by atoms with E-state index in [9.17, 15) is 13.2 Å². The summed E-state index contributed by atoms with van der Waals surface area (Å²) in [6, 6.07) is 1.17. The quantitative estimate of drug-likeness (QED) is 0.702. The van der Waals surface area contributed by atoms with Crippen LogP contribution >= 0.6 is 0 Å². The van der Waals surface area contributed by atoms with Crippen LogP contribution in [0.25, 0.3) is 0 Å². The van der Waals surface area contributed by atoms with Crippen LogP contribution in [-0.2, 0) is 9.84 Å². The minimum Gasteiger partial charge on any atom is -0.397 e. The summed E-state index contributed by atoms with van der Waals surface area (Å²) in [5.41, 5.74) is 11.3. The molecular weight excluding hydrogens is 268 g/mol. The van der Waals surface area contributed by atoms with Gasteiger partial charge in [-0.3, -0.25) is 4.79 Å². The van der Waals surface area contributed by atoms with E-state index in [2.05, 4.69) is 10.3 Å². The Kier molecular flexibility index (Phi) is 3.61. The lowest BCUT2D eigenvalue weighted by Gasteiger charge is -2.24. The highest BCUT2D eigenvalue weighted by Crippen LogP contribution is 2.20. The Morgan fingerprint density at radius 3 is 2.84 bits per heavy atom. The Hall–Kier alpha value is -1.83. The average molecular weight is 284 g/mol. The largest absolute Gasteiger partial charge is 0.397 e. The van der Waals surface area contributed by atoms with E-state index >= 15 is 0 Å². The zero-order valence-electron chi connectivity index (χ0n) is 10.3. The number of hydrogen-bond donors (Lipinski definition) is 3. The predicted molar refractivity (Wildman–Crippen MR) is 72.5 cm³/mol. The van der Waals surface area contributed by atoms with E-state index in [0.717, 1.165) is 0 Å². The third kappa shape index (κ3) is 3.34. The zero-order valence-corrected chi connectivity index (χ0v) is 11.1. The average Bonchev–Trinajstić information content (AvgIpc) is 2.30. The van der Waals surface area contributed by atoms with E-state index in [1.54, 1.807) is 0 Å². The smallest absolute Gasteiger partial charge is 0.252 e. The third-order valence-electron chi connectivity index (χ3n) is 2.98. The zero-order chi connectivity index (χ0) is 14.0. The maximum absolute atomic E-state index is 11.6. The van der Waals surface area contributed by atoms with Crippen LogP contribution in [0.1, 0.15) is 23.2 Å². The van der Waals surface area contributed by atoms with Crippen molar-refractivity contribution in [2.75, 3.05) is 22.6 Å². The molecule has 1 atom stereocenters. The number of anilines is 2. The maximum atomic E-state index is 11.6. The molecule has 1 amide bonds. The Bertz CT molecular complexity index is 600. The van der Waals surface area contributed by atoms with Crippen molar-refractivity contribution in [3.05, 3.63) is 17.8 Å². The van der Waals surface area contributed by atoms with Gasteiger partial charge < -0.3 is 16.8 Å². The van der Waals surface area contributed by atoms with E-state index in [1.807, 2.05) is 0 Å². The van der Waals surface area contributed by atoms with Crippen LogP contribution < -0.4 is 16.8 Å². The topological polar surface area (TPSA) is 128 Å². The van der Waals surface area contributed by atoms with Gasteiger partial charge in [-0.1, -0.05) is 0 Å². The van der Waals surface area contributed by atoms with Crippen molar-refractivity contribution in [2.24, 2.45) is 5.73 Å². The van der Waals surface area contributed by atoms with E-state index in [0.29, 0.717) is 18.5 Å². The highest BCUT2D eigenvalue weighted by molar-refractivity contribution is 7.91. The van der Waals surface area contributed by atoms with Gasteiger partial charge in [0.05, 0.1) is 29.0 Å². The fraction of sp³-hybridized carbons (Fsp3) is 0.455. The second-order valence-electron chi connectivity index (χ2n) is 4.63. The Labute approximate surface area is 111 Å². The maximum Gasteiger partial charge on any atom is 0.252 e. The first kappa shape index (κ1) is 13.6. The fourth-order valence-electron chi connectivity index (χ4n) is 2.11. The number of nitrogens with zero attached hydrogens (tertiary/aromatic N) is 1. The summed E-state index contributed by atoms with van der Waals surface area (Å²) in [7, 11) is -3.02. The SMILES string of the molecule is NC(=O)c1cc(N)cnc1NC1CCCS(=O)(=O)C1. The number of nitrogens with two attached hydrogens (primary N) is 2. The summed E-state index contributed by atoms with van der Waals surface area (Å²) in [4.78, 5) is 15.3. The molecule has 5 N–H and O–H groups in total. The molecule has 1 aliphatic rings. The van der Waals surface area contributed by atoms with Gasteiger partial charge >= 0.3 is 0 Å². The third-order valence-corrected chi connectivity index (χ3v) is 4.80. The molecule has 8 heteroatoms. The molecule has 0 radical (unpaired) electrons. The molecule has 0 aromatic carbocycles. The van der Waals surface area contributed by atoms with E-state index in [1.165, 1.54) is 12.3 Å². The second kappa shape index (κ2) is 5.04. The Morgan fingerprint density at radius 1 is 1.47 bits per heavy atom. The minimum atomic E-state index is -3.02. The summed E-state index contributed by atoms with van der Waals surface area (Å²) in [5, 5.41) is 2.97. The Morgan fingerprint density at radius 2 is 2.21 bits per heavy atom. The predicted octanol–water partition coefficient (Wildman–Crippen LogP) is -0.248. The van der Waals surface area contributed by atoms with Gasteiger partial charge in [-0.2, -0.15) is 0 Å². The van der Waals surface area contributed by atoms with Crippen LogP contribution in [0.3, 0.4) is 0 Å². The standard InChI is InChI=1S/C11H16N4O3S/c12-7-4-9(10(13)16)11(14-5-7)15-8-2-1-3-19(17,18)6-8/h4-5,8H,1-3,6,12H2,(H2,13,16)(H,14,15). The molecule has 2 heterocycles. The molecule has 0 bridgehead atoms. The first-order chi connectivity index (χ1) is 8.87. The van der Waals surface area contributed by atoms with E-state index in [4.69, 9.17) is 11.5 Å². The van der Waals surface area contributed by atoms with Crippen molar-refractivity contribution in [1.29, 1.82) is 0 Å². The van der Waals surface area contributed by atoms with Gasteiger partial charge in [0.1, 0.15) is 5.82 Å². The van der Waals surface area contributed by atoms with Gasteiger partial charge in [0.25, 0.3) is 5.91 Å². The van der Waals surface area contributed by atoms with Crippen LogP contribution in [0.2, 0.25) is 0 Å². The molecule has 1 saturated heterocycles. The molecule has 1 aromatic rings. The van der Waals surface area contributed by atoms with E-state index in [-0.39, 0.29) is 28.9 Å². The molecule has 0 aliphatic carbocycles. The second-order valence-corrected chi connectivity index (χ2v) is 6.86. The van der Waals surface area contributed by atoms with Crippen molar-refractivity contribution in [1.82, 2.24) is 4.98 Å². The van der Waals surface area contributed by atoms with Gasteiger partial charge in [-0.05, 0) is 18.9 Å². The summed E-state index contributed by atoms with van der Waals surface area (Å²) in [6.45, 7) is 0. The molecule has 0 saturated carbocycles. The molecule has 2 rings (SSSR count). The number of carbonyl (C=O) groups excluding carboxylic acids is 1. The number of pyridine rings is 1. The van der Waals surface area contributed by atoms with Gasteiger partial charge in [-0.25, -0.2) is 13.4 Å². The van der Waals surface area contributed by atoms with Crippen molar-refractivity contribution in [2.45, 2.75) is 18.9 Å². The molecule has 7 nitrogen and oxygen atoms in total. The highest BCUT2D eigenvalue weighted by Gasteiger charge is 2.25. The van der Waals surface area contributed by atoms with Gasteiger partial charge in [0.2, 0.25) is 0 Å². The lowest BCUT2D eigenvalue weighted by Crippen LogP contribution is -2.35. The number of rotatable bonds is 3. The van der Waals surface area contributed by atoms with Crippen molar-refractivity contribution in [3.63, 3.8) is 0 Å². The van der Waals surface area contributed by atoms with Crippen LogP contribution in [0.15, 0.2) is 12.3 Å². The normalized spacial score (nSPS) is 21.8. The molecular formula is C11H16N4O3S. The first-order valence-electron chi connectivity index (χ1n) is 5.90. The molecule has 19 heavy (non-hydrogen) atoms. The van der Waals surface area contributed by atoms with Crippen molar-refractivity contribution in [3.8, 4) is 0 Å². The summed E-state index contributed by atoms with van der Waals surface area (Å²) in [5.74, 6) is -0.120.